The molecule has 0 amide bonds. The highest BCUT2D eigenvalue weighted by atomic mass is 79.9. The number of anilines is 1. The summed E-state index contributed by atoms with van der Waals surface area (Å²) in [5, 5.41) is 5.60. The van der Waals surface area contributed by atoms with E-state index in [0.717, 1.165) is 26.8 Å². The number of rotatable bonds is 2. The summed E-state index contributed by atoms with van der Waals surface area (Å²) in [6.45, 7) is 4.24. The van der Waals surface area contributed by atoms with Crippen LogP contribution in [0.25, 0.3) is 16.6 Å². The van der Waals surface area contributed by atoms with Gasteiger partial charge in [0.2, 0.25) is 0 Å². The van der Waals surface area contributed by atoms with Crippen LogP contribution in [0.4, 0.5) is 5.69 Å². The van der Waals surface area contributed by atoms with Crippen molar-refractivity contribution in [3.8, 4) is 5.69 Å². The number of aromatic nitrogens is 3. The molecular weight excluding hydrogens is 316 g/mol. The molecule has 20 heavy (non-hydrogen) atoms. The zero-order valence-corrected chi connectivity index (χ0v) is 12.9. The molecule has 0 spiro atoms. The molecule has 0 fully saturated rings. The first-order chi connectivity index (χ1) is 9.56. The van der Waals surface area contributed by atoms with E-state index < -0.39 is 0 Å². The lowest BCUT2D eigenvalue weighted by molar-refractivity contribution is 0.771. The summed E-state index contributed by atoms with van der Waals surface area (Å²) in [5.41, 5.74) is 9.56. The number of benzene rings is 1. The molecule has 2 heterocycles. The Labute approximate surface area is 125 Å². The lowest BCUT2D eigenvalue weighted by Crippen LogP contribution is -2.03. The Morgan fingerprint density at radius 2 is 2.05 bits per heavy atom. The van der Waals surface area contributed by atoms with Crippen LogP contribution in [0.1, 0.15) is 25.5 Å². The van der Waals surface area contributed by atoms with Crippen molar-refractivity contribution in [3.63, 3.8) is 0 Å². The molecule has 5 heteroatoms. The van der Waals surface area contributed by atoms with Crippen molar-refractivity contribution in [1.29, 1.82) is 0 Å². The van der Waals surface area contributed by atoms with Gasteiger partial charge in [-0.25, -0.2) is 4.68 Å². The van der Waals surface area contributed by atoms with E-state index in [1.807, 2.05) is 35.1 Å². The maximum absolute atomic E-state index is 6.12. The molecule has 0 atom stereocenters. The predicted octanol–water partition coefficient (Wildman–Crippen LogP) is 3.89. The van der Waals surface area contributed by atoms with Crippen LogP contribution in [0.3, 0.4) is 0 Å². The van der Waals surface area contributed by atoms with Gasteiger partial charge in [-0.1, -0.05) is 29.8 Å². The minimum Gasteiger partial charge on any atom is -0.396 e. The van der Waals surface area contributed by atoms with Crippen LogP contribution in [-0.2, 0) is 0 Å². The van der Waals surface area contributed by atoms with E-state index in [1.165, 1.54) is 0 Å². The fourth-order valence-electron chi connectivity index (χ4n) is 2.19. The lowest BCUT2D eigenvalue weighted by Gasteiger charge is -2.10. The van der Waals surface area contributed by atoms with Gasteiger partial charge < -0.3 is 5.73 Å². The summed E-state index contributed by atoms with van der Waals surface area (Å²) >= 11 is 3.49. The normalized spacial score (nSPS) is 11.4. The number of nitrogens with two attached hydrogens (primary N) is 1. The number of nitrogens with zero attached hydrogens (tertiary/aromatic N) is 3. The molecule has 0 unspecified atom stereocenters. The summed E-state index contributed by atoms with van der Waals surface area (Å²) in [5.74, 6) is 0.386. The molecule has 0 aliphatic carbocycles. The molecule has 102 valence electrons. The smallest absolute Gasteiger partial charge is 0.0985 e. The van der Waals surface area contributed by atoms with Crippen LogP contribution in [0.2, 0.25) is 0 Å². The SMILES string of the molecule is CC(C)c1ccn(-c2c(N)cnc3ccc(Br)cc23)n1. The molecule has 0 bridgehead atoms. The quantitative estimate of drug-likeness (QED) is 0.775. The molecule has 0 saturated heterocycles. The maximum atomic E-state index is 6.12. The third-order valence-corrected chi connectivity index (χ3v) is 3.75. The summed E-state index contributed by atoms with van der Waals surface area (Å²) in [6.07, 6.45) is 3.63. The standard InChI is InChI=1S/C15H15BrN4/c1-9(2)13-5-6-20(19-13)15-11-7-10(16)3-4-14(11)18-8-12(15)17/h3-9H,17H2,1-2H3. The molecule has 0 saturated carbocycles. The molecule has 0 aliphatic heterocycles. The predicted molar refractivity (Wildman–Crippen MR) is 85.1 cm³/mol. The Morgan fingerprint density at radius 3 is 2.75 bits per heavy atom. The van der Waals surface area contributed by atoms with Crippen molar-refractivity contribution in [1.82, 2.24) is 14.8 Å². The first-order valence-corrected chi connectivity index (χ1v) is 7.25. The molecule has 2 N–H and O–H groups in total. The van der Waals surface area contributed by atoms with Gasteiger partial charge >= 0.3 is 0 Å². The fourth-order valence-corrected chi connectivity index (χ4v) is 2.55. The second kappa shape index (κ2) is 4.90. The first kappa shape index (κ1) is 13.1. The van der Waals surface area contributed by atoms with Crippen LogP contribution in [0, 0.1) is 0 Å². The van der Waals surface area contributed by atoms with E-state index in [-0.39, 0.29) is 0 Å². The average Bonchev–Trinajstić information content (AvgIpc) is 2.88. The number of fused-ring (bicyclic) bond motifs is 1. The van der Waals surface area contributed by atoms with Gasteiger partial charge in [-0.3, -0.25) is 4.98 Å². The van der Waals surface area contributed by atoms with Gasteiger partial charge in [0.05, 0.1) is 28.8 Å². The summed E-state index contributed by atoms with van der Waals surface area (Å²) < 4.78 is 2.83. The molecule has 0 aliphatic rings. The minimum atomic E-state index is 0.386. The van der Waals surface area contributed by atoms with Crippen molar-refractivity contribution in [2.75, 3.05) is 5.73 Å². The topological polar surface area (TPSA) is 56.7 Å². The molecule has 0 radical (unpaired) electrons. The van der Waals surface area contributed by atoms with Crippen LogP contribution < -0.4 is 5.73 Å². The van der Waals surface area contributed by atoms with E-state index in [2.05, 4.69) is 39.9 Å². The van der Waals surface area contributed by atoms with Crippen LogP contribution in [0.15, 0.2) is 41.1 Å². The van der Waals surface area contributed by atoms with Gasteiger partial charge in [-0.15, -0.1) is 0 Å². The number of hydrogen-bond donors (Lipinski definition) is 1. The highest BCUT2D eigenvalue weighted by Crippen LogP contribution is 2.28. The zero-order chi connectivity index (χ0) is 14.3. The monoisotopic (exact) mass is 330 g/mol. The Bertz CT molecular complexity index is 771. The van der Waals surface area contributed by atoms with Crippen molar-refractivity contribution in [3.05, 3.63) is 46.8 Å². The molecule has 2 aromatic heterocycles. The average molecular weight is 331 g/mol. The molecule has 3 rings (SSSR count). The van der Waals surface area contributed by atoms with Crippen molar-refractivity contribution < 1.29 is 0 Å². The number of halogens is 1. The highest BCUT2D eigenvalue weighted by Gasteiger charge is 2.12. The second-order valence-corrected chi connectivity index (χ2v) is 5.98. The molecule has 4 nitrogen and oxygen atoms in total. The van der Waals surface area contributed by atoms with Gasteiger partial charge in [0, 0.05) is 16.1 Å². The molecular formula is C15H15BrN4. The Hall–Kier alpha value is -1.88. The van der Waals surface area contributed by atoms with Crippen LogP contribution >= 0.6 is 15.9 Å². The zero-order valence-electron chi connectivity index (χ0n) is 11.3. The largest absolute Gasteiger partial charge is 0.396 e. The van der Waals surface area contributed by atoms with Crippen LogP contribution in [0.5, 0.6) is 0 Å². The van der Waals surface area contributed by atoms with E-state index >= 15 is 0 Å². The van der Waals surface area contributed by atoms with Crippen molar-refractivity contribution >= 4 is 32.5 Å². The Kier molecular flexibility index (Phi) is 3.22. The van der Waals surface area contributed by atoms with Gasteiger partial charge in [-0.2, -0.15) is 5.10 Å². The van der Waals surface area contributed by atoms with Gasteiger partial charge in [-0.05, 0) is 30.2 Å². The van der Waals surface area contributed by atoms with Gasteiger partial charge in [0.25, 0.3) is 0 Å². The fraction of sp³-hybridized carbons (Fsp3) is 0.200. The number of pyridine rings is 1. The van der Waals surface area contributed by atoms with E-state index in [4.69, 9.17) is 5.73 Å². The summed E-state index contributed by atoms with van der Waals surface area (Å²) in [6, 6.07) is 7.98. The maximum Gasteiger partial charge on any atom is 0.0985 e. The molecule has 1 aromatic carbocycles. The summed E-state index contributed by atoms with van der Waals surface area (Å²) in [7, 11) is 0. The van der Waals surface area contributed by atoms with Gasteiger partial charge in [0.15, 0.2) is 0 Å². The van der Waals surface area contributed by atoms with Crippen molar-refractivity contribution in [2.45, 2.75) is 19.8 Å². The van der Waals surface area contributed by atoms with Gasteiger partial charge in [0.1, 0.15) is 0 Å². The first-order valence-electron chi connectivity index (χ1n) is 6.46. The third kappa shape index (κ3) is 2.18. The minimum absolute atomic E-state index is 0.386. The lowest BCUT2D eigenvalue weighted by atomic mass is 10.1. The molecule has 3 aromatic rings. The summed E-state index contributed by atoms with van der Waals surface area (Å²) in [4.78, 5) is 4.36. The van der Waals surface area contributed by atoms with E-state index in [9.17, 15) is 0 Å². The Morgan fingerprint density at radius 1 is 1.25 bits per heavy atom. The number of nitrogen functional groups attached to an aromatic ring is 1. The van der Waals surface area contributed by atoms with Crippen LogP contribution in [-0.4, -0.2) is 14.8 Å². The highest BCUT2D eigenvalue weighted by molar-refractivity contribution is 9.10. The van der Waals surface area contributed by atoms with E-state index in [0.29, 0.717) is 11.6 Å². The Balaban J connectivity index is 2.28. The number of hydrogen-bond acceptors (Lipinski definition) is 3. The third-order valence-electron chi connectivity index (χ3n) is 3.26. The van der Waals surface area contributed by atoms with Crippen molar-refractivity contribution in [2.24, 2.45) is 0 Å². The van der Waals surface area contributed by atoms with E-state index in [1.54, 1.807) is 6.20 Å². The second-order valence-electron chi connectivity index (χ2n) is 5.06.